The minimum atomic E-state index is -3.77. The van der Waals surface area contributed by atoms with Crippen LogP contribution >= 0.6 is 0 Å². The van der Waals surface area contributed by atoms with Gasteiger partial charge in [0, 0.05) is 38.7 Å². The quantitative estimate of drug-likeness (QED) is 0.445. The summed E-state index contributed by atoms with van der Waals surface area (Å²) in [5.41, 5.74) is 2.24. The molecule has 1 atom stereocenters. The maximum absolute atomic E-state index is 13.7. The van der Waals surface area contributed by atoms with Crippen LogP contribution in [-0.2, 0) is 24.3 Å². The van der Waals surface area contributed by atoms with Crippen molar-refractivity contribution in [3.63, 3.8) is 0 Å². The predicted molar refractivity (Wildman–Crippen MR) is 143 cm³/mol. The van der Waals surface area contributed by atoms with Crippen LogP contribution < -0.4 is 10.1 Å². The highest BCUT2D eigenvalue weighted by Gasteiger charge is 2.40. The Morgan fingerprint density at radius 3 is 2.53 bits per heavy atom. The molecule has 0 radical (unpaired) electrons. The first-order valence-corrected chi connectivity index (χ1v) is 15.0. The Kier molecular flexibility index (Phi) is 9.00. The van der Waals surface area contributed by atoms with E-state index >= 15 is 0 Å². The lowest BCUT2D eigenvalue weighted by Crippen LogP contribution is -2.43. The van der Waals surface area contributed by atoms with E-state index in [1.165, 1.54) is 4.31 Å². The third-order valence-corrected chi connectivity index (χ3v) is 9.33. The van der Waals surface area contributed by atoms with Crippen molar-refractivity contribution in [2.45, 2.75) is 57.4 Å². The molecule has 1 amide bonds. The normalized spacial score (nSPS) is 21.4. The minimum absolute atomic E-state index is 0.116. The van der Waals surface area contributed by atoms with Gasteiger partial charge in [0.2, 0.25) is 10.0 Å². The molecule has 1 unspecified atom stereocenters. The average Bonchev–Trinajstić information content (AvgIpc) is 3.21. The van der Waals surface area contributed by atoms with Gasteiger partial charge < -0.3 is 19.7 Å². The lowest BCUT2D eigenvalue weighted by Gasteiger charge is -2.35. The number of nitrogens with one attached hydrogen (secondary N) is 1. The van der Waals surface area contributed by atoms with Gasteiger partial charge in [0.25, 0.3) is 5.91 Å². The van der Waals surface area contributed by atoms with Gasteiger partial charge in [-0.3, -0.25) is 14.5 Å². The van der Waals surface area contributed by atoms with Crippen LogP contribution in [0.25, 0.3) is 0 Å². The zero-order chi connectivity index (χ0) is 27.4. The molecule has 1 aromatic carbocycles. The maximum Gasteiger partial charge on any atom is 0.306 e. The van der Waals surface area contributed by atoms with Gasteiger partial charge in [-0.1, -0.05) is 6.92 Å². The molecule has 10 nitrogen and oxygen atoms in total. The van der Waals surface area contributed by atoms with Gasteiger partial charge >= 0.3 is 5.97 Å². The van der Waals surface area contributed by atoms with Crippen molar-refractivity contribution in [3.05, 3.63) is 35.0 Å². The lowest BCUT2D eigenvalue weighted by atomic mass is 9.95. The van der Waals surface area contributed by atoms with Crippen molar-refractivity contribution in [2.24, 2.45) is 5.92 Å². The first-order valence-electron chi connectivity index (χ1n) is 13.6. The van der Waals surface area contributed by atoms with Gasteiger partial charge in [-0.2, -0.15) is 4.31 Å². The van der Waals surface area contributed by atoms with Crippen molar-refractivity contribution in [1.29, 1.82) is 0 Å². The summed E-state index contributed by atoms with van der Waals surface area (Å²) in [6, 6.07) is 4.47. The monoisotopic (exact) mass is 548 g/mol. The predicted octanol–water partition coefficient (Wildman–Crippen LogP) is 2.48. The number of carbonyl (C=O) groups excluding carboxylic acids is 2. The molecule has 0 aromatic heterocycles. The highest BCUT2D eigenvalue weighted by Crippen LogP contribution is 2.40. The summed E-state index contributed by atoms with van der Waals surface area (Å²) < 4.78 is 39.8. The summed E-state index contributed by atoms with van der Waals surface area (Å²) in [7, 11) is -1.86. The summed E-state index contributed by atoms with van der Waals surface area (Å²) in [5.74, 6) is 0.296. The van der Waals surface area contributed by atoms with Crippen molar-refractivity contribution >= 4 is 21.9 Å². The van der Waals surface area contributed by atoms with Crippen LogP contribution in [0.4, 0.5) is 0 Å². The second-order valence-electron chi connectivity index (χ2n) is 10.2. The van der Waals surface area contributed by atoms with Gasteiger partial charge in [0.05, 0.1) is 30.8 Å². The van der Waals surface area contributed by atoms with E-state index in [4.69, 9.17) is 9.47 Å². The number of nitrogens with zero attached hydrogens (tertiary/aromatic N) is 3. The molecule has 0 spiro atoms. The largest absolute Gasteiger partial charge is 0.494 e. The number of carbonyl (C=O) groups is 2. The summed E-state index contributed by atoms with van der Waals surface area (Å²) in [6.07, 6.45) is 2.53. The van der Waals surface area contributed by atoms with Crippen molar-refractivity contribution in [1.82, 2.24) is 19.4 Å². The molecule has 4 rings (SSSR count). The molecule has 210 valence electrons. The number of esters is 1. The van der Waals surface area contributed by atoms with Crippen molar-refractivity contribution in [3.8, 4) is 5.75 Å². The number of ether oxygens (including phenoxy) is 2. The first-order chi connectivity index (χ1) is 18.2. The number of likely N-dealkylation sites (N-methyl/N-ethyl adjacent to an activating group) is 1. The zero-order valence-electron chi connectivity index (χ0n) is 22.9. The summed E-state index contributed by atoms with van der Waals surface area (Å²) in [6.45, 7) is 9.45. The molecule has 3 aliphatic heterocycles. The van der Waals surface area contributed by atoms with Gasteiger partial charge in [-0.15, -0.1) is 0 Å². The van der Waals surface area contributed by atoms with Crippen LogP contribution in [0.2, 0.25) is 0 Å². The second kappa shape index (κ2) is 12.0. The number of amides is 1. The Balaban J connectivity index is 1.60. The van der Waals surface area contributed by atoms with Gasteiger partial charge in [0.1, 0.15) is 11.4 Å². The molecule has 1 aromatic rings. The van der Waals surface area contributed by atoms with Crippen LogP contribution in [0.5, 0.6) is 5.75 Å². The third kappa shape index (κ3) is 5.84. The minimum Gasteiger partial charge on any atom is -0.494 e. The van der Waals surface area contributed by atoms with E-state index in [2.05, 4.69) is 17.1 Å². The lowest BCUT2D eigenvalue weighted by molar-refractivity contribution is -0.144. The van der Waals surface area contributed by atoms with Crippen LogP contribution in [0, 0.1) is 5.92 Å². The van der Waals surface area contributed by atoms with Crippen molar-refractivity contribution < 1.29 is 27.5 Å². The Morgan fingerprint density at radius 1 is 1.13 bits per heavy atom. The standard InChI is InChI=1S/C27H40N4O6S/c1-5-12-30-17-22-25(28-27(33)26(22)29(4)18-30)21-16-20(8-9-23(21)36-6-2)38(34,35)31-13-10-19(11-14-31)15-24(32)37-7-3/h8-9,16,19,25H,5-7,10-15,17-18H2,1-4H3,(H,28,33). The Labute approximate surface area is 226 Å². The third-order valence-electron chi connectivity index (χ3n) is 7.43. The van der Waals surface area contributed by atoms with Crippen molar-refractivity contribution in [2.75, 3.05) is 53.1 Å². The molecular weight excluding hydrogens is 508 g/mol. The number of benzene rings is 1. The summed E-state index contributed by atoms with van der Waals surface area (Å²) in [4.78, 5) is 29.3. The fourth-order valence-corrected chi connectivity index (χ4v) is 7.21. The van der Waals surface area contributed by atoms with E-state index in [0.717, 1.165) is 18.5 Å². The number of sulfonamides is 1. The molecule has 0 aliphatic carbocycles. The Bertz CT molecular complexity index is 1180. The number of piperidine rings is 1. The zero-order valence-corrected chi connectivity index (χ0v) is 23.7. The van der Waals surface area contributed by atoms with Gasteiger partial charge in [-0.05, 0) is 69.3 Å². The number of hydrogen-bond acceptors (Lipinski definition) is 8. The Morgan fingerprint density at radius 2 is 1.87 bits per heavy atom. The molecule has 38 heavy (non-hydrogen) atoms. The van der Waals surface area contributed by atoms with Crippen LogP contribution in [0.1, 0.15) is 58.1 Å². The molecule has 1 saturated heterocycles. The molecule has 3 aliphatic rings. The smallest absolute Gasteiger partial charge is 0.306 e. The highest BCUT2D eigenvalue weighted by molar-refractivity contribution is 7.89. The fraction of sp³-hybridized carbons (Fsp3) is 0.630. The first kappa shape index (κ1) is 28.4. The topological polar surface area (TPSA) is 108 Å². The van der Waals surface area contributed by atoms with Crippen LogP contribution in [0.15, 0.2) is 34.4 Å². The maximum atomic E-state index is 13.7. The number of hydrogen-bond donors (Lipinski definition) is 1. The number of rotatable bonds is 10. The van der Waals surface area contributed by atoms with E-state index in [1.54, 1.807) is 25.1 Å². The molecule has 0 bridgehead atoms. The molecular formula is C27H40N4O6S. The summed E-state index contributed by atoms with van der Waals surface area (Å²) >= 11 is 0. The van der Waals surface area contributed by atoms with Crippen LogP contribution in [-0.4, -0.2) is 87.5 Å². The van der Waals surface area contributed by atoms with E-state index in [1.807, 2.05) is 18.9 Å². The molecule has 11 heteroatoms. The molecule has 1 N–H and O–H groups in total. The molecule has 1 fully saturated rings. The van der Waals surface area contributed by atoms with Gasteiger partial charge in [-0.25, -0.2) is 8.42 Å². The van der Waals surface area contributed by atoms with E-state index in [0.29, 0.717) is 75.8 Å². The fourth-order valence-electron chi connectivity index (χ4n) is 5.70. The SMILES string of the molecule is CCCN1CC2=C(C(=O)NC2c2cc(S(=O)(=O)N3CCC(CC(=O)OCC)CC3)ccc2OCC)N(C)C1. The molecule has 0 saturated carbocycles. The van der Waals surface area contributed by atoms with E-state index in [-0.39, 0.29) is 22.7 Å². The second-order valence-corrected chi connectivity index (χ2v) is 12.1. The van der Waals surface area contributed by atoms with E-state index in [9.17, 15) is 18.0 Å². The highest BCUT2D eigenvalue weighted by atomic mass is 32.2. The summed E-state index contributed by atoms with van der Waals surface area (Å²) in [5, 5.41) is 3.08. The average molecular weight is 549 g/mol. The molecule has 3 heterocycles. The Hall–Kier alpha value is -2.63. The van der Waals surface area contributed by atoms with Gasteiger partial charge in [0.15, 0.2) is 0 Å². The van der Waals surface area contributed by atoms with E-state index < -0.39 is 16.1 Å². The van der Waals surface area contributed by atoms with Crippen LogP contribution in [0.3, 0.4) is 0 Å².